The number of hydrogen-bond donors (Lipinski definition) is 3. The Morgan fingerprint density at radius 3 is 2.71 bits per heavy atom. The highest BCUT2D eigenvalue weighted by Crippen LogP contribution is 2.42. The molecule has 21 heavy (non-hydrogen) atoms. The molecule has 0 aliphatic rings. The molecule has 0 bridgehead atoms. The van der Waals surface area contributed by atoms with E-state index in [4.69, 9.17) is 10.5 Å². The molecule has 0 spiro atoms. The molecule has 2 rings (SSSR count). The van der Waals surface area contributed by atoms with E-state index in [1.807, 2.05) is 12.1 Å². The van der Waals surface area contributed by atoms with Crippen molar-refractivity contribution in [2.24, 2.45) is 0 Å². The summed E-state index contributed by atoms with van der Waals surface area (Å²) in [6, 6.07) is 8.13. The monoisotopic (exact) mass is 305 g/mol. The second-order valence-electron chi connectivity index (χ2n) is 4.57. The lowest BCUT2D eigenvalue weighted by Gasteiger charge is -2.09. The van der Waals surface area contributed by atoms with Crippen molar-refractivity contribution in [1.82, 2.24) is 5.32 Å². The number of aryl methyl sites for hydroxylation is 1. The van der Waals surface area contributed by atoms with Crippen LogP contribution >= 0.6 is 11.3 Å². The van der Waals surface area contributed by atoms with Gasteiger partial charge in [-0.3, -0.25) is 4.79 Å². The summed E-state index contributed by atoms with van der Waals surface area (Å²) in [4.78, 5) is 12.2. The summed E-state index contributed by atoms with van der Waals surface area (Å²) in [5.41, 5.74) is 8.74. The Morgan fingerprint density at radius 2 is 2.10 bits per heavy atom. The van der Waals surface area contributed by atoms with Gasteiger partial charge in [0.05, 0.1) is 7.11 Å². The van der Waals surface area contributed by atoms with Crippen molar-refractivity contribution < 1.29 is 9.53 Å². The van der Waals surface area contributed by atoms with E-state index in [1.54, 1.807) is 14.2 Å². The number of amides is 1. The van der Waals surface area contributed by atoms with E-state index in [0.717, 1.165) is 5.00 Å². The Labute approximate surface area is 128 Å². The fraction of sp³-hybridized carbons (Fsp3) is 0.267. The van der Waals surface area contributed by atoms with Gasteiger partial charge in [0.25, 0.3) is 5.91 Å². The van der Waals surface area contributed by atoms with Gasteiger partial charge in [-0.1, -0.05) is 24.3 Å². The van der Waals surface area contributed by atoms with Crippen molar-refractivity contribution in [3.63, 3.8) is 0 Å². The lowest BCUT2D eigenvalue weighted by Crippen LogP contribution is -2.17. The SMILES string of the molecule is CNC(=O)c1sc(NCc2ccccc2C)c(OC)c1N. The summed E-state index contributed by atoms with van der Waals surface area (Å²) in [6.45, 7) is 2.71. The van der Waals surface area contributed by atoms with Gasteiger partial charge in [0, 0.05) is 13.6 Å². The molecule has 0 aliphatic heterocycles. The zero-order chi connectivity index (χ0) is 15.4. The van der Waals surface area contributed by atoms with E-state index in [1.165, 1.54) is 22.5 Å². The molecule has 1 amide bonds. The fourth-order valence-electron chi connectivity index (χ4n) is 2.01. The molecule has 6 heteroatoms. The van der Waals surface area contributed by atoms with Gasteiger partial charge in [-0.25, -0.2) is 0 Å². The molecule has 0 atom stereocenters. The van der Waals surface area contributed by atoms with Crippen LogP contribution in [0.1, 0.15) is 20.8 Å². The highest BCUT2D eigenvalue weighted by atomic mass is 32.1. The molecule has 0 saturated carbocycles. The van der Waals surface area contributed by atoms with Gasteiger partial charge in [-0.15, -0.1) is 11.3 Å². The molecule has 1 heterocycles. The van der Waals surface area contributed by atoms with Gasteiger partial charge >= 0.3 is 0 Å². The number of carbonyl (C=O) groups is 1. The van der Waals surface area contributed by atoms with Crippen LogP contribution in [0.2, 0.25) is 0 Å². The lowest BCUT2D eigenvalue weighted by molar-refractivity contribution is 0.0967. The largest absolute Gasteiger partial charge is 0.492 e. The Balaban J connectivity index is 2.24. The van der Waals surface area contributed by atoms with Crippen LogP contribution in [0.3, 0.4) is 0 Å². The van der Waals surface area contributed by atoms with Crippen LogP contribution in [0.25, 0.3) is 0 Å². The number of rotatable bonds is 5. The summed E-state index contributed by atoms with van der Waals surface area (Å²) in [7, 11) is 3.12. The van der Waals surface area contributed by atoms with E-state index in [2.05, 4.69) is 29.7 Å². The predicted molar refractivity (Wildman–Crippen MR) is 87.2 cm³/mol. The van der Waals surface area contributed by atoms with E-state index in [-0.39, 0.29) is 5.91 Å². The summed E-state index contributed by atoms with van der Waals surface area (Å²) in [5.74, 6) is 0.312. The first-order chi connectivity index (χ1) is 10.1. The molecular formula is C15H19N3O2S. The lowest BCUT2D eigenvalue weighted by atomic mass is 10.1. The summed E-state index contributed by atoms with van der Waals surface area (Å²) < 4.78 is 5.31. The molecule has 0 saturated heterocycles. The van der Waals surface area contributed by atoms with E-state index >= 15 is 0 Å². The van der Waals surface area contributed by atoms with E-state index in [0.29, 0.717) is 22.9 Å². The second kappa shape index (κ2) is 6.49. The van der Waals surface area contributed by atoms with Gasteiger partial charge in [-0.05, 0) is 18.1 Å². The van der Waals surface area contributed by atoms with Crippen molar-refractivity contribution in [3.8, 4) is 5.75 Å². The van der Waals surface area contributed by atoms with Crippen LogP contribution < -0.4 is 21.1 Å². The van der Waals surface area contributed by atoms with Gasteiger partial charge in [0.1, 0.15) is 15.6 Å². The van der Waals surface area contributed by atoms with E-state index < -0.39 is 0 Å². The quantitative estimate of drug-likeness (QED) is 0.793. The van der Waals surface area contributed by atoms with Crippen molar-refractivity contribution in [2.75, 3.05) is 25.2 Å². The minimum absolute atomic E-state index is 0.209. The maximum atomic E-state index is 11.8. The molecule has 0 fully saturated rings. The van der Waals surface area contributed by atoms with Crippen LogP contribution in [0.4, 0.5) is 10.7 Å². The number of nitrogen functional groups attached to an aromatic ring is 1. The maximum Gasteiger partial charge on any atom is 0.263 e. The zero-order valence-electron chi connectivity index (χ0n) is 12.3. The van der Waals surface area contributed by atoms with Crippen molar-refractivity contribution in [1.29, 1.82) is 0 Å². The van der Waals surface area contributed by atoms with Crippen LogP contribution in [0, 0.1) is 6.92 Å². The minimum Gasteiger partial charge on any atom is -0.492 e. The number of hydrogen-bond acceptors (Lipinski definition) is 5. The number of benzene rings is 1. The Bertz CT molecular complexity index is 652. The van der Waals surface area contributed by atoms with Gasteiger partial charge in [0.15, 0.2) is 5.75 Å². The number of anilines is 2. The number of carbonyl (C=O) groups excluding carboxylic acids is 1. The van der Waals surface area contributed by atoms with Crippen LogP contribution in [0.5, 0.6) is 5.75 Å². The first-order valence-corrected chi connectivity index (χ1v) is 7.36. The smallest absolute Gasteiger partial charge is 0.263 e. The molecule has 4 N–H and O–H groups in total. The number of thiophene rings is 1. The first-order valence-electron chi connectivity index (χ1n) is 6.55. The molecule has 5 nitrogen and oxygen atoms in total. The first kappa shape index (κ1) is 15.2. The Kier molecular flexibility index (Phi) is 4.70. The predicted octanol–water partition coefficient (Wildman–Crippen LogP) is 2.62. The third kappa shape index (κ3) is 3.11. The average molecular weight is 305 g/mol. The zero-order valence-corrected chi connectivity index (χ0v) is 13.1. The number of nitrogens with two attached hydrogens (primary N) is 1. The highest BCUT2D eigenvalue weighted by molar-refractivity contribution is 7.19. The number of methoxy groups -OCH3 is 1. The third-order valence-corrected chi connectivity index (χ3v) is 4.38. The van der Waals surface area contributed by atoms with E-state index in [9.17, 15) is 4.79 Å². The van der Waals surface area contributed by atoms with Gasteiger partial charge in [-0.2, -0.15) is 0 Å². The van der Waals surface area contributed by atoms with Gasteiger partial charge < -0.3 is 21.1 Å². The number of ether oxygens (including phenoxy) is 1. The minimum atomic E-state index is -0.209. The molecule has 1 aromatic heterocycles. The topological polar surface area (TPSA) is 76.4 Å². The molecule has 0 unspecified atom stereocenters. The van der Waals surface area contributed by atoms with Gasteiger partial charge in [0.2, 0.25) is 0 Å². The Hall–Kier alpha value is -2.21. The summed E-state index contributed by atoms with van der Waals surface area (Å²) >= 11 is 1.30. The summed E-state index contributed by atoms with van der Waals surface area (Å²) in [5, 5.41) is 6.63. The van der Waals surface area contributed by atoms with Crippen molar-refractivity contribution in [2.45, 2.75) is 13.5 Å². The molecule has 2 aromatic rings. The van der Waals surface area contributed by atoms with Crippen molar-refractivity contribution in [3.05, 3.63) is 40.3 Å². The van der Waals surface area contributed by atoms with Crippen LogP contribution in [0.15, 0.2) is 24.3 Å². The maximum absolute atomic E-state index is 11.8. The highest BCUT2D eigenvalue weighted by Gasteiger charge is 2.21. The standard InChI is InChI=1S/C15H19N3O2S/c1-9-6-4-5-7-10(9)8-18-15-12(20-3)11(16)13(21-15)14(19)17-2/h4-7,18H,8,16H2,1-3H3,(H,17,19). The van der Waals surface area contributed by atoms with Crippen LogP contribution in [-0.2, 0) is 6.54 Å². The third-order valence-electron chi connectivity index (χ3n) is 3.24. The fourth-order valence-corrected chi connectivity index (χ4v) is 3.05. The van der Waals surface area contributed by atoms with Crippen LogP contribution in [-0.4, -0.2) is 20.1 Å². The second-order valence-corrected chi connectivity index (χ2v) is 5.59. The Morgan fingerprint density at radius 1 is 1.38 bits per heavy atom. The van der Waals surface area contributed by atoms with Crippen molar-refractivity contribution >= 4 is 27.9 Å². The summed E-state index contributed by atoms with van der Waals surface area (Å²) in [6.07, 6.45) is 0. The average Bonchev–Trinajstić information content (AvgIpc) is 2.81. The normalized spacial score (nSPS) is 10.2. The molecule has 0 radical (unpaired) electrons. The molecule has 0 aliphatic carbocycles. The molecule has 112 valence electrons. The molecule has 1 aromatic carbocycles. The number of nitrogens with one attached hydrogen (secondary N) is 2. The molecular weight excluding hydrogens is 286 g/mol.